The molecule has 4 heterocycles. The van der Waals surface area contributed by atoms with Crippen LogP contribution in [0.3, 0.4) is 0 Å². The predicted octanol–water partition coefficient (Wildman–Crippen LogP) is 5.56. The minimum Gasteiger partial charge on any atom is -0.480 e. The molecule has 38 heavy (non-hydrogen) atoms. The SMILES string of the molecule is COc1c[nH]c2c(-c3ccccn3)c(-c3ccnc(NC(=O)[C@@H](CC(F)F)c4ccc(F)cc4)c3)nc-2n1. The summed E-state index contributed by atoms with van der Waals surface area (Å²) in [6.07, 6.45) is 1.28. The van der Waals surface area contributed by atoms with Crippen LogP contribution in [0.4, 0.5) is 19.0 Å². The fraction of sp³-hybridized carbons (Fsp3) is 0.148. The van der Waals surface area contributed by atoms with Gasteiger partial charge in [0.2, 0.25) is 18.2 Å². The topological polar surface area (TPSA) is 106 Å². The lowest BCUT2D eigenvalue weighted by Crippen LogP contribution is -2.23. The summed E-state index contributed by atoms with van der Waals surface area (Å²) in [6, 6.07) is 13.7. The van der Waals surface area contributed by atoms with E-state index in [-0.39, 0.29) is 11.4 Å². The summed E-state index contributed by atoms with van der Waals surface area (Å²) in [5.74, 6) is -1.52. The van der Waals surface area contributed by atoms with E-state index < -0.39 is 30.5 Å². The number of H-pyrrole nitrogens is 1. The molecular formula is C27H21F3N6O2. The molecule has 0 aliphatic carbocycles. The predicted molar refractivity (Wildman–Crippen MR) is 134 cm³/mol. The quantitative estimate of drug-likeness (QED) is 0.279. The van der Waals surface area contributed by atoms with E-state index in [9.17, 15) is 18.0 Å². The number of fused-ring (bicyclic) bond motifs is 1. The fourth-order valence-electron chi connectivity index (χ4n) is 4.14. The van der Waals surface area contributed by atoms with E-state index in [1.54, 1.807) is 30.6 Å². The van der Waals surface area contributed by atoms with Crippen molar-refractivity contribution >= 4 is 11.7 Å². The Hall–Kier alpha value is -4.80. The normalized spacial score (nSPS) is 12.0. The summed E-state index contributed by atoms with van der Waals surface area (Å²) in [5.41, 5.74) is 3.35. The molecule has 3 aromatic rings. The maximum Gasteiger partial charge on any atom is 0.239 e. The molecule has 2 N–H and O–H groups in total. The third kappa shape index (κ3) is 5.17. The van der Waals surface area contributed by atoms with Gasteiger partial charge in [-0.15, -0.1) is 0 Å². The molecule has 0 spiro atoms. The zero-order valence-electron chi connectivity index (χ0n) is 20.0. The van der Waals surface area contributed by atoms with Crippen LogP contribution in [-0.2, 0) is 4.79 Å². The van der Waals surface area contributed by atoms with Crippen molar-refractivity contribution in [1.29, 1.82) is 0 Å². The number of carbonyl (C=O) groups excluding carboxylic acids is 1. The first-order valence-electron chi connectivity index (χ1n) is 11.6. The number of ether oxygens (including phenoxy) is 1. The van der Waals surface area contributed by atoms with E-state index in [1.807, 2.05) is 12.1 Å². The van der Waals surface area contributed by atoms with Crippen LogP contribution in [0.15, 0.2) is 73.2 Å². The van der Waals surface area contributed by atoms with Crippen LogP contribution in [0.25, 0.3) is 34.0 Å². The van der Waals surface area contributed by atoms with Crippen LogP contribution in [0.2, 0.25) is 0 Å². The number of hydrogen-bond donors (Lipinski definition) is 2. The van der Waals surface area contributed by atoms with Crippen LogP contribution in [0.1, 0.15) is 17.9 Å². The number of nitrogens with zero attached hydrogens (tertiary/aromatic N) is 4. The number of aromatic nitrogens is 5. The van der Waals surface area contributed by atoms with Crippen LogP contribution in [-0.4, -0.2) is 44.4 Å². The van der Waals surface area contributed by atoms with Crippen molar-refractivity contribution in [2.75, 3.05) is 12.4 Å². The van der Waals surface area contributed by atoms with Gasteiger partial charge in [-0.05, 0) is 42.0 Å². The molecule has 1 aromatic carbocycles. The molecule has 5 rings (SSSR count). The lowest BCUT2D eigenvalue weighted by molar-refractivity contribution is -0.118. The van der Waals surface area contributed by atoms with Crippen molar-refractivity contribution in [2.45, 2.75) is 18.8 Å². The number of hydrogen-bond acceptors (Lipinski definition) is 6. The molecule has 0 bridgehead atoms. The number of pyridine rings is 2. The first kappa shape index (κ1) is 24.9. The molecule has 0 saturated carbocycles. The van der Waals surface area contributed by atoms with Gasteiger partial charge in [0.15, 0.2) is 5.82 Å². The molecular weight excluding hydrogens is 497 g/mol. The molecule has 0 radical (unpaired) electrons. The number of halogens is 3. The Morgan fingerprint density at radius 2 is 1.87 bits per heavy atom. The highest BCUT2D eigenvalue weighted by Gasteiger charge is 2.27. The maximum atomic E-state index is 13.4. The smallest absolute Gasteiger partial charge is 0.239 e. The Balaban J connectivity index is 1.52. The molecule has 2 aromatic heterocycles. The summed E-state index contributed by atoms with van der Waals surface area (Å²) in [7, 11) is 1.50. The van der Waals surface area contributed by atoms with Crippen molar-refractivity contribution < 1.29 is 22.7 Å². The Labute approximate surface area is 215 Å². The van der Waals surface area contributed by atoms with Crippen molar-refractivity contribution in [3.05, 3.63) is 84.6 Å². The van der Waals surface area contributed by atoms with E-state index in [1.165, 1.54) is 25.4 Å². The molecule has 8 nitrogen and oxygen atoms in total. The second kappa shape index (κ2) is 10.7. The number of rotatable bonds is 8. The minimum absolute atomic E-state index is 0.141. The van der Waals surface area contributed by atoms with E-state index in [0.717, 1.165) is 12.1 Å². The lowest BCUT2D eigenvalue weighted by atomic mass is 9.95. The van der Waals surface area contributed by atoms with E-state index >= 15 is 0 Å². The third-order valence-corrected chi connectivity index (χ3v) is 5.90. The van der Waals surface area contributed by atoms with Crippen LogP contribution in [0.5, 0.6) is 5.88 Å². The number of alkyl halides is 2. The number of benzene rings is 1. The first-order chi connectivity index (χ1) is 18.4. The Kier molecular flexibility index (Phi) is 6.98. The second-order valence-electron chi connectivity index (χ2n) is 8.34. The molecule has 1 atom stereocenters. The van der Waals surface area contributed by atoms with Gasteiger partial charge in [-0.3, -0.25) is 9.78 Å². The van der Waals surface area contributed by atoms with Crippen LogP contribution >= 0.6 is 0 Å². The average Bonchev–Trinajstić information content (AvgIpc) is 3.31. The van der Waals surface area contributed by atoms with Crippen LogP contribution in [0, 0.1) is 5.82 Å². The Bertz CT molecular complexity index is 1530. The van der Waals surface area contributed by atoms with Crippen molar-refractivity contribution in [2.24, 2.45) is 0 Å². The number of methoxy groups -OCH3 is 1. The van der Waals surface area contributed by atoms with Crippen molar-refractivity contribution in [3.63, 3.8) is 0 Å². The molecule has 0 unspecified atom stereocenters. The average molecular weight is 518 g/mol. The van der Waals surface area contributed by atoms with Gasteiger partial charge >= 0.3 is 0 Å². The fourth-order valence-corrected chi connectivity index (χ4v) is 4.14. The van der Waals surface area contributed by atoms with Gasteiger partial charge in [-0.25, -0.2) is 23.1 Å². The molecule has 11 heteroatoms. The highest BCUT2D eigenvalue weighted by molar-refractivity contribution is 5.96. The number of anilines is 1. The minimum atomic E-state index is -2.74. The third-order valence-electron chi connectivity index (χ3n) is 5.90. The van der Waals surface area contributed by atoms with Gasteiger partial charge in [-0.1, -0.05) is 18.2 Å². The molecule has 0 saturated heterocycles. The van der Waals surface area contributed by atoms with E-state index in [0.29, 0.717) is 39.9 Å². The maximum absolute atomic E-state index is 13.4. The Morgan fingerprint density at radius 1 is 1.05 bits per heavy atom. The van der Waals surface area contributed by atoms with Gasteiger partial charge in [-0.2, -0.15) is 4.98 Å². The molecule has 1 amide bonds. The summed E-state index contributed by atoms with van der Waals surface area (Å²) in [6.45, 7) is 0. The largest absolute Gasteiger partial charge is 0.480 e. The lowest BCUT2D eigenvalue weighted by Gasteiger charge is -2.17. The van der Waals surface area contributed by atoms with Crippen molar-refractivity contribution in [3.8, 4) is 39.9 Å². The first-order valence-corrected chi connectivity index (χ1v) is 11.6. The monoisotopic (exact) mass is 518 g/mol. The van der Waals surface area contributed by atoms with Gasteiger partial charge < -0.3 is 15.0 Å². The van der Waals surface area contributed by atoms with Gasteiger partial charge in [0.25, 0.3) is 0 Å². The zero-order chi connectivity index (χ0) is 26.6. The number of amides is 1. The Morgan fingerprint density at radius 3 is 2.58 bits per heavy atom. The van der Waals surface area contributed by atoms with Crippen LogP contribution < -0.4 is 10.1 Å². The summed E-state index contributed by atoms with van der Waals surface area (Å²) in [5, 5.41) is 2.62. The number of aromatic amines is 1. The zero-order valence-corrected chi connectivity index (χ0v) is 20.0. The summed E-state index contributed by atoms with van der Waals surface area (Å²) >= 11 is 0. The standard InChI is InChI=1S/C27H21F3N6O2/c1-38-22-14-33-25-23(19-4-2-3-10-31-19)24(36-26(25)35-22)16-9-11-32-21(12-16)34-27(37)18(13-20(29)30)15-5-7-17(28)8-6-15/h2-12,14,18,20,33H,13H2,1H3,(H,32,34,37)/t18-/m0/s1. The second-order valence-corrected chi connectivity index (χ2v) is 8.34. The highest BCUT2D eigenvalue weighted by Crippen LogP contribution is 2.40. The molecule has 192 valence electrons. The molecule has 0 fully saturated rings. The highest BCUT2D eigenvalue weighted by atomic mass is 19.3. The van der Waals surface area contributed by atoms with E-state index in [4.69, 9.17) is 4.74 Å². The molecule has 2 aliphatic rings. The molecule has 2 aliphatic heterocycles. The number of carbonyl (C=O) groups is 1. The van der Waals surface area contributed by atoms with Gasteiger partial charge in [0, 0.05) is 24.4 Å². The summed E-state index contributed by atoms with van der Waals surface area (Å²) < 4.78 is 45.2. The number of nitrogens with one attached hydrogen (secondary N) is 2. The van der Waals surface area contributed by atoms with Crippen molar-refractivity contribution in [1.82, 2.24) is 24.9 Å². The van der Waals surface area contributed by atoms with Gasteiger partial charge in [0.05, 0.1) is 41.9 Å². The van der Waals surface area contributed by atoms with Gasteiger partial charge in [0.1, 0.15) is 11.6 Å². The summed E-state index contributed by atoms with van der Waals surface area (Å²) in [4.78, 5) is 33.9. The van der Waals surface area contributed by atoms with E-state index in [2.05, 4.69) is 30.2 Å².